The fourth-order valence-electron chi connectivity index (χ4n) is 2.65. The molecule has 0 unspecified atom stereocenters. The highest BCUT2D eigenvalue weighted by Gasteiger charge is 2.22. The molecule has 0 aliphatic carbocycles. The minimum atomic E-state index is -3.80. The molecule has 0 aliphatic rings. The Labute approximate surface area is 163 Å². The van der Waals surface area contributed by atoms with E-state index in [1.54, 1.807) is 37.4 Å². The highest BCUT2D eigenvalue weighted by atomic mass is 35.5. The highest BCUT2D eigenvalue weighted by molar-refractivity contribution is 7.90. The molecule has 0 amide bonds. The summed E-state index contributed by atoms with van der Waals surface area (Å²) in [6.45, 7) is 1.14. The van der Waals surface area contributed by atoms with Crippen molar-refractivity contribution >= 4 is 32.5 Å². The molecule has 0 spiro atoms. The van der Waals surface area contributed by atoms with Gasteiger partial charge < -0.3 is 14.4 Å². The average molecular weight is 409 g/mol. The zero-order chi connectivity index (χ0) is 19.6. The Hall–Kier alpha value is -2.22. The normalized spacial score (nSPS) is 11.9. The maximum Gasteiger partial charge on any atom is 0.268 e. The first-order valence-electron chi connectivity index (χ1n) is 8.30. The first-order valence-corrected chi connectivity index (χ1v) is 10.1. The van der Waals surface area contributed by atoms with Crippen molar-refractivity contribution in [2.45, 2.75) is 4.90 Å². The van der Waals surface area contributed by atoms with Gasteiger partial charge in [-0.2, -0.15) is 0 Å². The van der Waals surface area contributed by atoms with Gasteiger partial charge in [-0.25, -0.2) is 12.4 Å². The van der Waals surface area contributed by atoms with E-state index in [1.807, 2.05) is 19.0 Å². The van der Waals surface area contributed by atoms with E-state index in [-0.39, 0.29) is 4.90 Å². The molecular formula is C19H21ClN2O4S. The molecule has 1 heterocycles. The monoisotopic (exact) mass is 408 g/mol. The molecule has 0 aliphatic heterocycles. The second-order valence-corrected chi connectivity index (χ2v) is 8.53. The van der Waals surface area contributed by atoms with Crippen molar-refractivity contribution in [2.75, 3.05) is 34.4 Å². The summed E-state index contributed by atoms with van der Waals surface area (Å²) in [5, 5.41) is 1.15. The van der Waals surface area contributed by atoms with Gasteiger partial charge in [-0.3, -0.25) is 0 Å². The van der Waals surface area contributed by atoms with Gasteiger partial charge in [0.15, 0.2) is 0 Å². The van der Waals surface area contributed by atoms with Gasteiger partial charge >= 0.3 is 0 Å². The minimum Gasteiger partial charge on any atom is -0.497 e. The van der Waals surface area contributed by atoms with Gasteiger partial charge in [0.1, 0.15) is 18.1 Å². The van der Waals surface area contributed by atoms with Crippen LogP contribution in [0.1, 0.15) is 0 Å². The molecule has 3 rings (SSSR count). The summed E-state index contributed by atoms with van der Waals surface area (Å²) in [5.74, 6) is 1.12. The summed E-state index contributed by atoms with van der Waals surface area (Å²) in [6.07, 6.45) is 1.50. The quantitative estimate of drug-likeness (QED) is 0.599. The number of nitrogens with zero attached hydrogens (tertiary/aromatic N) is 2. The predicted octanol–water partition coefficient (Wildman–Crippen LogP) is 3.48. The largest absolute Gasteiger partial charge is 0.497 e. The number of ether oxygens (including phenoxy) is 2. The molecular weight excluding hydrogens is 388 g/mol. The van der Waals surface area contributed by atoms with E-state index >= 15 is 0 Å². The summed E-state index contributed by atoms with van der Waals surface area (Å²) in [7, 11) is 1.66. The van der Waals surface area contributed by atoms with E-state index < -0.39 is 10.0 Å². The lowest BCUT2D eigenvalue weighted by molar-refractivity contribution is 0.263. The first-order chi connectivity index (χ1) is 12.8. The van der Waals surface area contributed by atoms with Gasteiger partial charge in [-0.05, 0) is 56.6 Å². The molecule has 2 aromatic carbocycles. The molecule has 0 bridgehead atoms. The minimum absolute atomic E-state index is 0.152. The van der Waals surface area contributed by atoms with E-state index in [4.69, 9.17) is 21.1 Å². The number of rotatable bonds is 7. The lowest BCUT2D eigenvalue weighted by Gasteiger charge is -2.10. The van der Waals surface area contributed by atoms with Crippen LogP contribution in [0.15, 0.2) is 53.6 Å². The summed E-state index contributed by atoms with van der Waals surface area (Å²) in [6, 6.07) is 11.3. The molecule has 0 N–H and O–H groups in total. The highest BCUT2D eigenvalue weighted by Crippen LogP contribution is 2.34. The third-order valence-electron chi connectivity index (χ3n) is 4.11. The Morgan fingerprint density at radius 3 is 2.44 bits per heavy atom. The van der Waals surface area contributed by atoms with Gasteiger partial charge in [-0.15, -0.1) is 0 Å². The van der Waals surface area contributed by atoms with E-state index in [0.29, 0.717) is 40.6 Å². The predicted molar refractivity (Wildman–Crippen MR) is 107 cm³/mol. The smallest absolute Gasteiger partial charge is 0.268 e. The Kier molecular flexibility index (Phi) is 5.64. The molecule has 6 nitrogen and oxygen atoms in total. The molecule has 27 heavy (non-hydrogen) atoms. The second-order valence-electron chi connectivity index (χ2n) is 6.28. The van der Waals surface area contributed by atoms with Gasteiger partial charge in [0.25, 0.3) is 10.0 Å². The van der Waals surface area contributed by atoms with Crippen molar-refractivity contribution in [3.8, 4) is 11.5 Å². The van der Waals surface area contributed by atoms with Crippen molar-refractivity contribution in [1.29, 1.82) is 0 Å². The van der Waals surface area contributed by atoms with Gasteiger partial charge in [0.05, 0.1) is 23.7 Å². The van der Waals surface area contributed by atoms with Gasteiger partial charge in [0, 0.05) is 17.0 Å². The van der Waals surface area contributed by atoms with Crippen LogP contribution < -0.4 is 9.47 Å². The molecule has 3 aromatic rings. The van der Waals surface area contributed by atoms with Crippen LogP contribution in [0.25, 0.3) is 10.9 Å². The van der Waals surface area contributed by atoms with Crippen LogP contribution in [0.5, 0.6) is 11.5 Å². The van der Waals surface area contributed by atoms with Crippen LogP contribution in [0, 0.1) is 0 Å². The summed E-state index contributed by atoms with van der Waals surface area (Å²) in [4.78, 5) is 2.14. The zero-order valence-corrected chi connectivity index (χ0v) is 16.9. The molecule has 8 heteroatoms. The number of aromatic nitrogens is 1. The molecule has 0 fully saturated rings. The average Bonchev–Trinajstić information content (AvgIpc) is 3.00. The van der Waals surface area contributed by atoms with E-state index in [2.05, 4.69) is 0 Å². The van der Waals surface area contributed by atoms with Crippen LogP contribution in [0.4, 0.5) is 0 Å². The number of fused-ring (bicyclic) bond motifs is 1. The van der Waals surface area contributed by atoms with Crippen molar-refractivity contribution in [2.24, 2.45) is 0 Å². The number of halogens is 1. The van der Waals surface area contributed by atoms with Gasteiger partial charge in [0.2, 0.25) is 0 Å². The molecule has 0 saturated heterocycles. The summed E-state index contributed by atoms with van der Waals surface area (Å²) in [5.41, 5.74) is 0.519. The van der Waals surface area contributed by atoms with E-state index in [0.717, 1.165) is 0 Å². The first kappa shape index (κ1) is 19.5. The van der Waals surface area contributed by atoms with E-state index in [9.17, 15) is 8.42 Å². The van der Waals surface area contributed by atoms with Crippen LogP contribution >= 0.6 is 11.6 Å². The molecule has 0 radical (unpaired) electrons. The third kappa shape index (κ3) is 4.05. The van der Waals surface area contributed by atoms with Gasteiger partial charge in [-0.1, -0.05) is 11.6 Å². The number of methoxy groups -OCH3 is 1. The topological polar surface area (TPSA) is 60.8 Å². The molecule has 0 atom stereocenters. The number of hydrogen-bond donors (Lipinski definition) is 0. The number of benzene rings is 2. The van der Waals surface area contributed by atoms with Crippen LogP contribution in [-0.4, -0.2) is 51.6 Å². The van der Waals surface area contributed by atoms with Crippen LogP contribution in [-0.2, 0) is 10.0 Å². The lowest BCUT2D eigenvalue weighted by atomic mass is 10.2. The third-order valence-corrected chi connectivity index (χ3v) is 6.05. The molecule has 0 saturated carbocycles. The SMILES string of the molecule is COc1ccc2c(c1)c(OCCN(C)C)cn2S(=O)(=O)c1ccc(Cl)cc1. The maximum atomic E-state index is 13.1. The lowest BCUT2D eigenvalue weighted by Crippen LogP contribution is -2.19. The van der Waals surface area contributed by atoms with Crippen LogP contribution in [0.2, 0.25) is 5.02 Å². The maximum absolute atomic E-state index is 13.1. The zero-order valence-electron chi connectivity index (χ0n) is 15.3. The number of hydrogen-bond acceptors (Lipinski definition) is 5. The van der Waals surface area contributed by atoms with Crippen molar-refractivity contribution in [3.63, 3.8) is 0 Å². The number of likely N-dealkylation sites (N-methyl/N-ethyl adjacent to an activating group) is 1. The Bertz CT molecular complexity index is 1040. The molecule has 144 valence electrons. The Morgan fingerprint density at radius 1 is 1.11 bits per heavy atom. The fourth-order valence-corrected chi connectivity index (χ4v) is 4.14. The molecule has 1 aromatic heterocycles. The second kappa shape index (κ2) is 7.80. The van der Waals surface area contributed by atoms with Crippen LogP contribution in [0.3, 0.4) is 0 Å². The Morgan fingerprint density at radius 2 is 1.81 bits per heavy atom. The van der Waals surface area contributed by atoms with Crippen molar-refractivity contribution in [3.05, 3.63) is 53.7 Å². The van der Waals surface area contributed by atoms with Crippen molar-refractivity contribution in [1.82, 2.24) is 8.87 Å². The standard InChI is InChI=1S/C19H21ClN2O4S/c1-21(2)10-11-26-19-13-22(18-9-6-15(25-3)12-17(18)19)27(23,24)16-7-4-14(20)5-8-16/h4-9,12-13H,10-11H2,1-3H3. The van der Waals surface area contributed by atoms with E-state index in [1.165, 1.54) is 22.3 Å². The van der Waals surface area contributed by atoms with Crippen molar-refractivity contribution < 1.29 is 17.9 Å². The summed E-state index contributed by atoms with van der Waals surface area (Å²) >= 11 is 5.88. The fraction of sp³-hybridized carbons (Fsp3) is 0.263. The summed E-state index contributed by atoms with van der Waals surface area (Å²) < 4.78 is 38.6. The Balaban J connectivity index is 2.10.